The van der Waals surface area contributed by atoms with Crippen molar-refractivity contribution in [2.75, 3.05) is 0 Å². The van der Waals surface area contributed by atoms with Crippen LogP contribution in [0.5, 0.6) is 0 Å². The first kappa shape index (κ1) is 14.7. The molecule has 0 bridgehead atoms. The lowest BCUT2D eigenvalue weighted by molar-refractivity contribution is -0.142. The highest BCUT2D eigenvalue weighted by molar-refractivity contribution is 5.89. The predicted octanol–water partition coefficient (Wildman–Crippen LogP) is 1.47. The quantitative estimate of drug-likeness (QED) is 0.756. The molecule has 6 heteroatoms. The standard InChI is InChI=1S/C13H14O6/c1-8(14)19-7-9-2-3-10(4-5-12(15)16)11(6-9)13(17)18/h2-3,6H,4-5,7H2,1H3,(H,15,16)(H,17,18). The number of aromatic carboxylic acids is 1. The number of carboxylic acid groups (broad SMARTS) is 2. The summed E-state index contributed by atoms with van der Waals surface area (Å²) in [6.07, 6.45) is 0.00832. The van der Waals surface area contributed by atoms with Crippen LogP contribution in [-0.4, -0.2) is 28.1 Å². The highest BCUT2D eigenvalue weighted by Crippen LogP contribution is 2.15. The van der Waals surface area contributed by atoms with Crippen molar-refractivity contribution >= 4 is 17.9 Å². The van der Waals surface area contributed by atoms with Gasteiger partial charge < -0.3 is 14.9 Å². The molecule has 0 unspecified atom stereocenters. The number of carbonyl (C=O) groups is 3. The van der Waals surface area contributed by atoms with Crippen molar-refractivity contribution in [1.29, 1.82) is 0 Å². The summed E-state index contributed by atoms with van der Waals surface area (Å²) >= 11 is 0. The van der Waals surface area contributed by atoms with Crippen molar-refractivity contribution in [3.05, 3.63) is 34.9 Å². The summed E-state index contributed by atoms with van der Waals surface area (Å²) in [5.74, 6) is -2.57. The first-order chi connectivity index (χ1) is 8.90. The summed E-state index contributed by atoms with van der Waals surface area (Å²) in [5.41, 5.74) is 1.03. The van der Waals surface area contributed by atoms with Gasteiger partial charge in [0.2, 0.25) is 0 Å². The molecule has 0 radical (unpaired) electrons. The van der Waals surface area contributed by atoms with Crippen molar-refractivity contribution in [2.45, 2.75) is 26.4 Å². The zero-order valence-electron chi connectivity index (χ0n) is 10.4. The van der Waals surface area contributed by atoms with Crippen LogP contribution in [0, 0.1) is 0 Å². The SMILES string of the molecule is CC(=O)OCc1ccc(CCC(=O)O)c(C(=O)O)c1. The Morgan fingerprint density at radius 3 is 2.42 bits per heavy atom. The molecule has 1 aromatic carbocycles. The molecular weight excluding hydrogens is 252 g/mol. The van der Waals surface area contributed by atoms with Gasteiger partial charge in [-0.05, 0) is 23.6 Å². The summed E-state index contributed by atoms with van der Waals surface area (Å²) in [6, 6.07) is 4.56. The summed E-state index contributed by atoms with van der Waals surface area (Å²) < 4.78 is 4.77. The minimum Gasteiger partial charge on any atom is -0.481 e. The van der Waals surface area contributed by atoms with E-state index in [2.05, 4.69) is 0 Å². The maximum atomic E-state index is 11.1. The van der Waals surface area contributed by atoms with Crippen molar-refractivity contribution in [3.63, 3.8) is 0 Å². The van der Waals surface area contributed by atoms with Gasteiger partial charge in [-0.1, -0.05) is 12.1 Å². The van der Waals surface area contributed by atoms with Crippen LogP contribution in [0.3, 0.4) is 0 Å². The molecule has 0 saturated carbocycles. The van der Waals surface area contributed by atoms with E-state index >= 15 is 0 Å². The van der Waals surface area contributed by atoms with E-state index in [4.69, 9.17) is 14.9 Å². The first-order valence-corrected chi connectivity index (χ1v) is 5.60. The van der Waals surface area contributed by atoms with Gasteiger partial charge in [0.15, 0.2) is 0 Å². The molecule has 0 heterocycles. The molecule has 2 N–H and O–H groups in total. The summed E-state index contributed by atoms with van der Waals surface area (Å²) in [6.45, 7) is 1.26. The average molecular weight is 266 g/mol. The number of hydrogen-bond donors (Lipinski definition) is 2. The van der Waals surface area contributed by atoms with Crippen LogP contribution in [-0.2, 0) is 27.4 Å². The topological polar surface area (TPSA) is 101 Å². The Kier molecular flexibility index (Phi) is 5.05. The molecular formula is C13H14O6. The lowest BCUT2D eigenvalue weighted by Gasteiger charge is -2.08. The van der Waals surface area contributed by atoms with Crippen LogP contribution in [0.1, 0.15) is 34.8 Å². The Morgan fingerprint density at radius 2 is 1.89 bits per heavy atom. The molecule has 0 amide bonds. The second kappa shape index (κ2) is 6.53. The molecule has 1 aromatic rings. The third-order valence-corrected chi connectivity index (χ3v) is 2.45. The molecule has 102 valence electrons. The van der Waals surface area contributed by atoms with Gasteiger partial charge in [0.25, 0.3) is 0 Å². The van der Waals surface area contributed by atoms with E-state index in [9.17, 15) is 14.4 Å². The zero-order valence-corrected chi connectivity index (χ0v) is 10.4. The molecule has 0 atom stereocenters. The van der Waals surface area contributed by atoms with Crippen LogP contribution >= 0.6 is 0 Å². The molecule has 0 spiro atoms. The molecule has 0 aromatic heterocycles. The number of esters is 1. The van der Waals surface area contributed by atoms with Gasteiger partial charge in [-0.3, -0.25) is 9.59 Å². The average Bonchev–Trinajstić information content (AvgIpc) is 2.33. The molecule has 0 aliphatic rings. The third-order valence-electron chi connectivity index (χ3n) is 2.45. The fourth-order valence-electron chi connectivity index (χ4n) is 1.56. The van der Waals surface area contributed by atoms with Gasteiger partial charge in [0, 0.05) is 13.3 Å². The van der Waals surface area contributed by atoms with Crippen LogP contribution < -0.4 is 0 Å². The van der Waals surface area contributed by atoms with Gasteiger partial charge in [0.05, 0.1) is 5.56 Å². The van der Waals surface area contributed by atoms with E-state index in [1.165, 1.54) is 13.0 Å². The number of ether oxygens (including phenoxy) is 1. The van der Waals surface area contributed by atoms with Crippen LogP contribution in [0.2, 0.25) is 0 Å². The van der Waals surface area contributed by atoms with Gasteiger partial charge >= 0.3 is 17.9 Å². The lowest BCUT2D eigenvalue weighted by atomic mass is 10.0. The van der Waals surface area contributed by atoms with Gasteiger partial charge in [-0.15, -0.1) is 0 Å². The Balaban J connectivity index is 2.91. The van der Waals surface area contributed by atoms with Crippen LogP contribution in [0.4, 0.5) is 0 Å². The van der Waals surface area contributed by atoms with Crippen molar-refractivity contribution in [1.82, 2.24) is 0 Å². The summed E-state index contributed by atoms with van der Waals surface area (Å²) in [4.78, 5) is 32.3. The van der Waals surface area contributed by atoms with Crippen molar-refractivity contribution < 1.29 is 29.3 Å². The van der Waals surface area contributed by atoms with Gasteiger partial charge in [0.1, 0.15) is 6.61 Å². The third kappa shape index (κ3) is 4.79. The Morgan fingerprint density at radius 1 is 1.21 bits per heavy atom. The van der Waals surface area contributed by atoms with Gasteiger partial charge in [-0.2, -0.15) is 0 Å². The molecule has 1 rings (SSSR count). The summed E-state index contributed by atoms with van der Waals surface area (Å²) in [5, 5.41) is 17.7. The van der Waals surface area contributed by atoms with E-state index in [0.717, 1.165) is 0 Å². The number of benzene rings is 1. The van der Waals surface area contributed by atoms with E-state index < -0.39 is 17.9 Å². The number of rotatable bonds is 6. The maximum Gasteiger partial charge on any atom is 0.335 e. The summed E-state index contributed by atoms with van der Waals surface area (Å²) in [7, 11) is 0. The fourth-order valence-corrected chi connectivity index (χ4v) is 1.56. The smallest absolute Gasteiger partial charge is 0.335 e. The predicted molar refractivity (Wildman–Crippen MR) is 64.8 cm³/mol. The Bertz CT molecular complexity index is 506. The van der Waals surface area contributed by atoms with Gasteiger partial charge in [-0.25, -0.2) is 4.79 Å². The highest BCUT2D eigenvalue weighted by Gasteiger charge is 2.12. The number of carbonyl (C=O) groups excluding carboxylic acids is 1. The molecule has 0 aliphatic heterocycles. The van der Waals surface area contributed by atoms with E-state index in [-0.39, 0.29) is 25.0 Å². The number of carboxylic acids is 2. The lowest BCUT2D eigenvalue weighted by Crippen LogP contribution is -2.07. The monoisotopic (exact) mass is 266 g/mol. The van der Waals surface area contributed by atoms with E-state index in [0.29, 0.717) is 11.1 Å². The normalized spacial score (nSPS) is 9.95. The molecule has 0 saturated heterocycles. The molecule has 0 fully saturated rings. The van der Waals surface area contributed by atoms with Crippen molar-refractivity contribution in [3.8, 4) is 0 Å². The van der Waals surface area contributed by atoms with E-state index in [1.54, 1.807) is 12.1 Å². The Labute approximate surface area is 109 Å². The molecule has 0 aliphatic carbocycles. The minimum absolute atomic E-state index is 0.00514. The van der Waals surface area contributed by atoms with Crippen LogP contribution in [0.25, 0.3) is 0 Å². The Hall–Kier alpha value is -2.37. The second-order valence-electron chi connectivity index (χ2n) is 3.97. The molecule has 6 nitrogen and oxygen atoms in total. The number of aryl methyl sites for hydroxylation is 1. The van der Waals surface area contributed by atoms with Crippen molar-refractivity contribution in [2.24, 2.45) is 0 Å². The largest absolute Gasteiger partial charge is 0.481 e. The number of hydrogen-bond acceptors (Lipinski definition) is 4. The molecule has 19 heavy (non-hydrogen) atoms. The first-order valence-electron chi connectivity index (χ1n) is 5.60. The fraction of sp³-hybridized carbons (Fsp3) is 0.308. The maximum absolute atomic E-state index is 11.1. The second-order valence-corrected chi connectivity index (χ2v) is 3.97. The minimum atomic E-state index is -1.13. The zero-order chi connectivity index (χ0) is 14.4. The number of aliphatic carboxylic acids is 1. The van der Waals surface area contributed by atoms with E-state index in [1.807, 2.05) is 0 Å². The van der Waals surface area contributed by atoms with Crippen LogP contribution in [0.15, 0.2) is 18.2 Å². The highest BCUT2D eigenvalue weighted by atomic mass is 16.5.